The number of aryl methyl sites for hydroxylation is 1. The van der Waals surface area contributed by atoms with Gasteiger partial charge in [0.1, 0.15) is 12.4 Å². The number of aromatic nitrogens is 3. The van der Waals surface area contributed by atoms with Crippen molar-refractivity contribution in [2.75, 3.05) is 32.9 Å². The molecule has 0 radical (unpaired) electrons. The Kier molecular flexibility index (Phi) is 8.41. The topological polar surface area (TPSA) is 85.6 Å². The molecule has 0 aliphatic carbocycles. The molecule has 140 valence electrons. The molecule has 8 nitrogen and oxygen atoms in total. The van der Waals surface area contributed by atoms with Crippen LogP contribution < -0.4 is 10.6 Å². The molecule has 0 aromatic carbocycles. The van der Waals surface area contributed by atoms with E-state index in [0.29, 0.717) is 26.3 Å². The van der Waals surface area contributed by atoms with Gasteiger partial charge in [-0.15, -0.1) is 16.8 Å². The maximum absolute atomic E-state index is 5.67. The minimum atomic E-state index is 0.286. The van der Waals surface area contributed by atoms with Crippen molar-refractivity contribution in [2.24, 2.45) is 12.0 Å². The number of ether oxygens (including phenoxy) is 2. The van der Waals surface area contributed by atoms with E-state index in [1.54, 1.807) is 6.08 Å². The lowest BCUT2D eigenvalue weighted by atomic mass is 10.2. The standard InChI is InChI=1S/C17H30N6O2/c1-4-8-18-17(20-12-16-22-21-14(2)23(16)3)19-9-6-10-24-13-15-7-5-11-25-15/h4,15H,1,5-13H2,2-3H3,(H2,18,19,20). The molecule has 1 aliphatic heterocycles. The van der Waals surface area contributed by atoms with E-state index in [9.17, 15) is 0 Å². The maximum Gasteiger partial charge on any atom is 0.191 e. The Bertz CT molecular complexity index is 551. The number of hydrogen-bond donors (Lipinski definition) is 2. The second-order valence-electron chi connectivity index (χ2n) is 6.05. The van der Waals surface area contributed by atoms with Crippen LogP contribution in [0.15, 0.2) is 17.6 Å². The zero-order valence-electron chi connectivity index (χ0n) is 15.3. The van der Waals surface area contributed by atoms with Crippen molar-refractivity contribution in [3.05, 3.63) is 24.3 Å². The van der Waals surface area contributed by atoms with Gasteiger partial charge in [0.15, 0.2) is 11.8 Å². The molecule has 25 heavy (non-hydrogen) atoms. The lowest BCUT2D eigenvalue weighted by Gasteiger charge is -2.12. The van der Waals surface area contributed by atoms with Crippen molar-refractivity contribution in [1.29, 1.82) is 0 Å². The highest BCUT2D eigenvalue weighted by Gasteiger charge is 2.14. The van der Waals surface area contributed by atoms with Crippen molar-refractivity contribution >= 4 is 5.96 Å². The molecule has 1 aliphatic rings. The van der Waals surface area contributed by atoms with Crippen molar-refractivity contribution in [3.8, 4) is 0 Å². The normalized spacial score (nSPS) is 17.7. The van der Waals surface area contributed by atoms with Crippen LogP contribution in [0, 0.1) is 6.92 Å². The summed E-state index contributed by atoms with van der Waals surface area (Å²) in [4.78, 5) is 4.55. The molecule has 0 saturated carbocycles. The van der Waals surface area contributed by atoms with Crippen molar-refractivity contribution in [3.63, 3.8) is 0 Å². The van der Waals surface area contributed by atoms with Crippen molar-refractivity contribution < 1.29 is 9.47 Å². The Labute approximate surface area is 149 Å². The number of aliphatic imine (C=N–C) groups is 1. The second kappa shape index (κ2) is 10.8. The summed E-state index contributed by atoms with van der Waals surface area (Å²) in [6.45, 7) is 9.83. The van der Waals surface area contributed by atoms with E-state index >= 15 is 0 Å². The Morgan fingerprint density at radius 3 is 3.04 bits per heavy atom. The molecule has 1 atom stereocenters. The molecule has 2 N–H and O–H groups in total. The van der Waals surface area contributed by atoms with Crippen LogP contribution in [-0.4, -0.2) is 59.7 Å². The molecule has 1 aromatic rings. The van der Waals surface area contributed by atoms with Gasteiger partial charge in [-0.25, -0.2) is 4.99 Å². The highest BCUT2D eigenvalue weighted by molar-refractivity contribution is 5.79. The second-order valence-corrected chi connectivity index (χ2v) is 6.05. The number of hydrogen-bond acceptors (Lipinski definition) is 5. The van der Waals surface area contributed by atoms with Crippen LogP contribution in [0.2, 0.25) is 0 Å². The molecule has 1 unspecified atom stereocenters. The van der Waals surface area contributed by atoms with Gasteiger partial charge in [0.05, 0.1) is 12.7 Å². The monoisotopic (exact) mass is 350 g/mol. The smallest absolute Gasteiger partial charge is 0.191 e. The lowest BCUT2D eigenvalue weighted by Crippen LogP contribution is -2.38. The van der Waals surface area contributed by atoms with Crippen LogP contribution >= 0.6 is 0 Å². The van der Waals surface area contributed by atoms with Gasteiger partial charge in [0.2, 0.25) is 0 Å². The molecule has 1 fully saturated rings. The number of rotatable bonds is 10. The van der Waals surface area contributed by atoms with E-state index in [1.807, 2.05) is 18.5 Å². The van der Waals surface area contributed by atoms with Crippen LogP contribution in [0.5, 0.6) is 0 Å². The summed E-state index contributed by atoms with van der Waals surface area (Å²) in [6.07, 6.45) is 5.25. The van der Waals surface area contributed by atoms with Gasteiger partial charge in [-0.1, -0.05) is 6.08 Å². The van der Waals surface area contributed by atoms with E-state index in [0.717, 1.165) is 50.0 Å². The molecular formula is C17H30N6O2. The first kappa shape index (κ1) is 19.4. The molecule has 2 heterocycles. The van der Waals surface area contributed by atoms with E-state index in [2.05, 4.69) is 32.4 Å². The van der Waals surface area contributed by atoms with Crippen LogP contribution in [0.25, 0.3) is 0 Å². The highest BCUT2D eigenvalue weighted by atomic mass is 16.5. The Morgan fingerprint density at radius 1 is 1.48 bits per heavy atom. The fraction of sp³-hybridized carbons (Fsp3) is 0.706. The van der Waals surface area contributed by atoms with Gasteiger partial charge in [-0.3, -0.25) is 0 Å². The summed E-state index contributed by atoms with van der Waals surface area (Å²) in [5, 5.41) is 14.7. The molecule has 0 bridgehead atoms. The fourth-order valence-electron chi connectivity index (χ4n) is 2.45. The lowest BCUT2D eigenvalue weighted by molar-refractivity contribution is 0.0168. The zero-order valence-corrected chi connectivity index (χ0v) is 15.3. The molecule has 2 rings (SSSR count). The highest BCUT2D eigenvalue weighted by Crippen LogP contribution is 2.11. The Balaban J connectivity index is 1.68. The summed E-state index contributed by atoms with van der Waals surface area (Å²) in [5.74, 6) is 2.44. The number of nitrogens with one attached hydrogen (secondary N) is 2. The van der Waals surface area contributed by atoms with Crippen LogP contribution in [0.4, 0.5) is 0 Å². The molecule has 1 aromatic heterocycles. The molecule has 8 heteroatoms. The summed E-state index contributed by atoms with van der Waals surface area (Å²) < 4.78 is 13.1. The van der Waals surface area contributed by atoms with Crippen molar-refractivity contribution in [2.45, 2.75) is 38.8 Å². The van der Waals surface area contributed by atoms with Crippen LogP contribution in [0.1, 0.15) is 30.9 Å². The predicted octanol–water partition coefficient (Wildman–Crippen LogP) is 0.930. The maximum atomic E-state index is 5.67. The van der Waals surface area contributed by atoms with Gasteiger partial charge in [0, 0.05) is 33.4 Å². The first-order valence-corrected chi connectivity index (χ1v) is 8.88. The van der Waals surface area contributed by atoms with Gasteiger partial charge in [-0.05, 0) is 26.2 Å². The van der Waals surface area contributed by atoms with Crippen LogP contribution in [-0.2, 0) is 23.1 Å². The Hall–Kier alpha value is -1.93. The zero-order chi connectivity index (χ0) is 17.9. The van der Waals surface area contributed by atoms with E-state index in [-0.39, 0.29) is 6.10 Å². The average molecular weight is 350 g/mol. The predicted molar refractivity (Wildman–Crippen MR) is 97.5 cm³/mol. The van der Waals surface area contributed by atoms with Gasteiger partial charge >= 0.3 is 0 Å². The van der Waals surface area contributed by atoms with Gasteiger partial charge < -0.3 is 24.7 Å². The summed E-state index contributed by atoms with van der Waals surface area (Å²) in [5.41, 5.74) is 0. The third-order valence-electron chi connectivity index (χ3n) is 4.06. The molecular weight excluding hydrogens is 320 g/mol. The minimum absolute atomic E-state index is 0.286. The molecule has 0 amide bonds. The number of nitrogens with zero attached hydrogens (tertiary/aromatic N) is 4. The van der Waals surface area contributed by atoms with Crippen LogP contribution in [0.3, 0.4) is 0 Å². The quantitative estimate of drug-likeness (QED) is 0.283. The summed E-state index contributed by atoms with van der Waals surface area (Å²) >= 11 is 0. The first-order chi connectivity index (χ1) is 12.2. The third-order valence-corrected chi connectivity index (χ3v) is 4.06. The van der Waals surface area contributed by atoms with E-state index in [4.69, 9.17) is 9.47 Å². The summed E-state index contributed by atoms with van der Waals surface area (Å²) in [6, 6.07) is 0. The fourth-order valence-corrected chi connectivity index (χ4v) is 2.45. The van der Waals surface area contributed by atoms with Gasteiger partial charge in [0.25, 0.3) is 0 Å². The SMILES string of the molecule is C=CCNC(=NCc1nnc(C)n1C)NCCCOCC1CCCO1. The summed E-state index contributed by atoms with van der Waals surface area (Å²) in [7, 11) is 1.94. The number of guanidine groups is 1. The largest absolute Gasteiger partial charge is 0.379 e. The Morgan fingerprint density at radius 2 is 2.36 bits per heavy atom. The average Bonchev–Trinajstić information content (AvgIpc) is 3.24. The molecule has 1 saturated heterocycles. The van der Waals surface area contributed by atoms with E-state index < -0.39 is 0 Å². The first-order valence-electron chi connectivity index (χ1n) is 8.88. The van der Waals surface area contributed by atoms with Crippen molar-refractivity contribution in [1.82, 2.24) is 25.4 Å². The molecule has 0 spiro atoms. The van der Waals surface area contributed by atoms with Gasteiger partial charge in [-0.2, -0.15) is 0 Å². The third kappa shape index (κ3) is 6.83. The van der Waals surface area contributed by atoms with E-state index in [1.165, 1.54) is 0 Å². The minimum Gasteiger partial charge on any atom is -0.379 e.